The summed E-state index contributed by atoms with van der Waals surface area (Å²) in [5, 5.41) is 11.8. The SMILES string of the molecule is CN(Cc1cscn1)c1nccc(N2CCCC(O)C2)n1. The molecule has 0 radical (unpaired) electrons. The van der Waals surface area contributed by atoms with Gasteiger partial charge in [-0.15, -0.1) is 11.3 Å². The maximum Gasteiger partial charge on any atom is 0.227 e. The topological polar surface area (TPSA) is 65.4 Å². The lowest BCUT2D eigenvalue weighted by molar-refractivity contribution is 0.154. The van der Waals surface area contributed by atoms with Crippen molar-refractivity contribution >= 4 is 23.1 Å². The largest absolute Gasteiger partial charge is 0.391 e. The molecule has 2 aromatic heterocycles. The quantitative estimate of drug-likeness (QED) is 0.924. The lowest BCUT2D eigenvalue weighted by Gasteiger charge is -2.31. The van der Waals surface area contributed by atoms with Crippen molar-refractivity contribution in [2.75, 3.05) is 29.9 Å². The Hall–Kier alpha value is -1.73. The summed E-state index contributed by atoms with van der Waals surface area (Å²) in [6, 6.07) is 1.90. The normalized spacial score (nSPS) is 18.8. The fourth-order valence-electron chi connectivity index (χ4n) is 2.49. The second-order valence-corrected chi connectivity index (χ2v) is 6.01. The average molecular weight is 305 g/mol. The third kappa shape index (κ3) is 3.48. The molecule has 6 nitrogen and oxygen atoms in total. The molecule has 3 heterocycles. The lowest BCUT2D eigenvalue weighted by Crippen LogP contribution is -2.38. The second-order valence-electron chi connectivity index (χ2n) is 5.29. The van der Waals surface area contributed by atoms with Gasteiger partial charge in [-0.05, 0) is 18.9 Å². The van der Waals surface area contributed by atoms with E-state index in [0.29, 0.717) is 19.0 Å². The van der Waals surface area contributed by atoms with E-state index in [0.717, 1.165) is 30.9 Å². The number of hydrogen-bond donors (Lipinski definition) is 1. The first kappa shape index (κ1) is 14.2. The van der Waals surface area contributed by atoms with Gasteiger partial charge in [0, 0.05) is 31.7 Å². The number of rotatable bonds is 4. The van der Waals surface area contributed by atoms with Gasteiger partial charge in [0.05, 0.1) is 23.9 Å². The maximum absolute atomic E-state index is 9.79. The number of piperidine rings is 1. The highest BCUT2D eigenvalue weighted by Crippen LogP contribution is 2.20. The number of hydrogen-bond acceptors (Lipinski definition) is 7. The first-order valence-electron chi connectivity index (χ1n) is 7.06. The van der Waals surface area contributed by atoms with Crippen LogP contribution in [0.4, 0.5) is 11.8 Å². The number of nitrogens with zero attached hydrogens (tertiary/aromatic N) is 5. The van der Waals surface area contributed by atoms with Crippen LogP contribution in [0.1, 0.15) is 18.5 Å². The van der Waals surface area contributed by atoms with Crippen molar-refractivity contribution < 1.29 is 5.11 Å². The summed E-state index contributed by atoms with van der Waals surface area (Å²) < 4.78 is 0. The molecule has 1 atom stereocenters. The van der Waals surface area contributed by atoms with Crippen LogP contribution in [-0.4, -0.2) is 46.3 Å². The molecule has 0 aromatic carbocycles. The van der Waals surface area contributed by atoms with E-state index in [-0.39, 0.29) is 6.10 Å². The molecule has 0 aliphatic carbocycles. The Balaban J connectivity index is 1.73. The van der Waals surface area contributed by atoms with Crippen molar-refractivity contribution in [3.8, 4) is 0 Å². The van der Waals surface area contributed by atoms with Gasteiger partial charge in [0.1, 0.15) is 5.82 Å². The van der Waals surface area contributed by atoms with Gasteiger partial charge in [-0.25, -0.2) is 9.97 Å². The Kier molecular flexibility index (Phi) is 4.31. The molecule has 1 unspecified atom stereocenters. The van der Waals surface area contributed by atoms with Crippen LogP contribution < -0.4 is 9.80 Å². The molecule has 1 aliphatic rings. The zero-order valence-electron chi connectivity index (χ0n) is 12.0. The highest BCUT2D eigenvalue weighted by atomic mass is 32.1. The number of aromatic nitrogens is 3. The highest BCUT2D eigenvalue weighted by Gasteiger charge is 2.19. The van der Waals surface area contributed by atoms with Crippen molar-refractivity contribution in [3.63, 3.8) is 0 Å². The first-order valence-corrected chi connectivity index (χ1v) is 8.01. The molecule has 1 fully saturated rings. The van der Waals surface area contributed by atoms with Gasteiger partial charge >= 0.3 is 0 Å². The maximum atomic E-state index is 9.79. The van der Waals surface area contributed by atoms with Gasteiger partial charge in [-0.2, -0.15) is 4.98 Å². The molecule has 3 rings (SSSR count). The Bertz CT molecular complexity index is 577. The molecule has 0 bridgehead atoms. The zero-order valence-corrected chi connectivity index (χ0v) is 12.8. The minimum absolute atomic E-state index is 0.259. The molecule has 0 saturated carbocycles. The Morgan fingerprint density at radius 3 is 3.14 bits per heavy atom. The molecular weight excluding hydrogens is 286 g/mol. The molecule has 0 amide bonds. The van der Waals surface area contributed by atoms with E-state index in [1.165, 1.54) is 0 Å². The van der Waals surface area contributed by atoms with E-state index in [2.05, 4.69) is 19.9 Å². The number of aliphatic hydroxyl groups excluding tert-OH is 1. The molecule has 1 aliphatic heterocycles. The van der Waals surface area contributed by atoms with Gasteiger partial charge < -0.3 is 14.9 Å². The van der Waals surface area contributed by atoms with Crippen LogP contribution in [0.3, 0.4) is 0 Å². The molecular formula is C14H19N5OS. The van der Waals surface area contributed by atoms with Crippen LogP contribution in [0, 0.1) is 0 Å². The van der Waals surface area contributed by atoms with Crippen LogP contribution in [0.15, 0.2) is 23.2 Å². The van der Waals surface area contributed by atoms with E-state index in [9.17, 15) is 5.11 Å². The summed E-state index contributed by atoms with van der Waals surface area (Å²) in [6.07, 6.45) is 3.38. The monoisotopic (exact) mass is 305 g/mol. The van der Waals surface area contributed by atoms with Gasteiger partial charge in [0.25, 0.3) is 0 Å². The zero-order chi connectivity index (χ0) is 14.7. The smallest absolute Gasteiger partial charge is 0.227 e. The molecule has 0 spiro atoms. The standard InChI is InChI=1S/C14H19N5OS/c1-18(7-11-9-21-10-16-11)14-15-5-4-13(17-14)19-6-2-3-12(20)8-19/h4-5,9-10,12,20H,2-3,6-8H2,1H3. The molecule has 1 N–H and O–H groups in total. The van der Waals surface area contributed by atoms with Gasteiger partial charge in [-0.1, -0.05) is 0 Å². The van der Waals surface area contributed by atoms with Crippen molar-refractivity contribution in [2.45, 2.75) is 25.5 Å². The molecule has 1 saturated heterocycles. The summed E-state index contributed by atoms with van der Waals surface area (Å²) in [7, 11) is 1.96. The predicted molar refractivity (Wildman–Crippen MR) is 83.7 cm³/mol. The van der Waals surface area contributed by atoms with Crippen LogP contribution in [0.2, 0.25) is 0 Å². The first-order chi connectivity index (χ1) is 10.2. The van der Waals surface area contributed by atoms with Crippen molar-refractivity contribution in [3.05, 3.63) is 28.8 Å². The van der Waals surface area contributed by atoms with E-state index < -0.39 is 0 Å². The molecule has 112 valence electrons. The van der Waals surface area contributed by atoms with Crippen LogP contribution >= 0.6 is 11.3 Å². The van der Waals surface area contributed by atoms with Crippen molar-refractivity contribution in [1.82, 2.24) is 15.0 Å². The Labute approximate surface area is 128 Å². The third-order valence-electron chi connectivity index (χ3n) is 3.57. The average Bonchev–Trinajstić information content (AvgIpc) is 3.00. The molecule has 2 aromatic rings. The minimum Gasteiger partial charge on any atom is -0.391 e. The number of anilines is 2. The fourth-order valence-corrected chi connectivity index (χ4v) is 3.04. The number of β-amino-alcohol motifs (C(OH)–C–C–N with tert-alkyl or cyclic N) is 1. The molecule has 7 heteroatoms. The van der Waals surface area contributed by atoms with Crippen LogP contribution in [0.5, 0.6) is 0 Å². The Morgan fingerprint density at radius 2 is 2.38 bits per heavy atom. The summed E-state index contributed by atoms with van der Waals surface area (Å²) in [5.41, 5.74) is 2.85. The summed E-state index contributed by atoms with van der Waals surface area (Å²) >= 11 is 1.59. The summed E-state index contributed by atoms with van der Waals surface area (Å²) in [4.78, 5) is 17.3. The summed E-state index contributed by atoms with van der Waals surface area (Å²) in [5.74, 6) is 1.56. The summed E-state index contributed by atoms with van der Waals surface area (Å²) in [6.45, 7) is 2.27. The lowest BCUT2D eigenvalue weighted by atomic mass is 10.1. The van der Waals surface area contributed by atoms with Crippen LogP contribution in [-0.2, 0) is 6.54 Å². The van der Waals surface area contributed by atoms with Gasteiger partial charge in [0.2, 0.25) is 5.95 Å². The van der Waals surface area contributed by atoms with Gasteiger partial charge in [0.15, 0.2) is 0 Å². The second kappa shape index (κ2) is 6.36. The third-order valence-corrected chi connectivity index (χ3v) is 4.21. The van der Waals surface area contributed by atoms with E-state index in [1.54, 1.807) is 17.5 Å². The van der Waals surface area contributed by atoms with Crippen molar-refractivity contribution in [1.29, 1.82) is 0 Å². The highest BCUT2D eigenvalue weighted by molar-refractivity contribution is 7.07. The predicted octanol–water partition coefficient (Wildman–Crippen LogP) is 1.53. The number of aliphatic hydroxyl groups is 1. The van der Waals surface area contributed by atoms with E-state index in [1.807, 2.05) is 28.9 Å². The Morgan fingerprint density at radius 1 is 1.48 bits per heavy atom. The number of thiazole rings is 1. The van der Waals surface area contributed by atoms with Gasteiger partial charge in [-0.3, -0.25) is 0 Å². The van der Waals surface area contributed by atoms with E-state index in [4.69, 9.17) is 0 Å². The fraction of sp³-hybridized carbons (Fsp3) is 0.500. The minimum atomic E-state index is -0.259. The van der Waals surface area contributed by atoms with Crippen LogP contribution in [0.25, 0.3) is 0 Å². The van der Waals surface area contributed by atoms with Crippen molar-refractivity contribution in [2.24, 2.45) is 0 Å². The molecule has 21 heavy (non-hydrogen) atoms. The van der Waals surface area contributed by atoms with E-state index >= 15 is 0 Å².